The minimum atomic E-state index is 0.192. The van der Waals surface area contributed by atoms with Crippen molar-refractivity contribution in [1.29, 1.82) is 0 Å². The van der Waals surface area contributed by atoms with E-state index < -0.39 is 0 Å². The average molecular weight is 152 g/mol. The molecule has 56 valence electrons. The first kappa shape index (κ1) is 7.80. The molecule has 1 heteroatoms. The predicted molar refractivity (Wildman–Crippen MR) is 50.3 cm³/mol. The van der Waals surface area contributed by atoms with Crippen LogP contribution in [0.4, 0.5) is 0 Å². The maximum absolute atomic E-state index is 2.39. The molecule has 0 atom stereocenters. The van der Waals surface area contributed by atoms with Gasteiger partial charge in [-0.3, -0.25) is 0 Å². The summed E-state index contributed by atoms with van der Waals surface area (Å²) in [5.74, 6) is 0. The molecule has 0 aromatic heterocycles. The largest absolute Gasteiger partial charge is 0.0847 e. The fourth-order valence-electron chi connectivity index (χ4n) is 1.28. The van der Waals surface area contributed by atoms with Gasteiger partial charge in [-0.2, -0.15) is 0 Å². The zero-order valence-corrected chi connectivity index (χ0v) is 8.13. The second kappa shape index (κ2) is 4.50. The Bertz CT molecular complexity index is 124. The SMILES string of the molecule is CCC[SiH2]C1C=CCC=C1. The minimum absolute atomic E-state index is 0.192. The van der Waals surface area contributed by atoms with E-state index in [0.717, 1.165) is 12.0 Å². The van der Waals surface area contributed by atoms with Gasteiger partial charge in [0.15, 0.2) is 0 Å². The normalized spacial score (nSPS) is 19.3. The van der Waals surface area contributed by atoms with Gasteiger partial charge in [-0.05, 0) is 12.0 Å². The molecule has 1 aliphatic carbocycles. The van der Waals surface area contributed by atoms with Crippen LogP contribution in [0.5, 0.6) is 0 Å². The summed E-state index contributed by atoms with van der Waals surface area (Å²) in [4.78, 5) is 0. The summed E-state index contributed by atoms with van der Waals surface area (Å²) in [6, 6.07) is 1.50. The van der Waals surface area contributed by atoms with Crippen molar-refractivity contribution >= 4 is 9.52 Å². The van der Waals surface area contributed by atoms with Gasteiger partial charge in [-0.15, -0.1) is 0 Å². The quantitative estimate of drug-likeness (QED) is 0.430. The molecule has 0 radical (unpaired) electrons. The van der Waals surface area contributed by atoms with Crippen molar-refractivity contribution in [3.05, 3.63) is 24.3 Å². The fourth-order valence-corrected chi connectivity index (χ4v) is 2.93. The van der Waals surface area contributed by atoms with Crippen LogP contribution in [0.3, 0.4) is 0 Å². The van der Waals surface area contributed by atoms with Crippen LogP contribution < -0.4 is 0 Å². The van der Waals surface area contributed by atoms with Gasteiger partial charge >= 0.3 is 0 Å². The third kappa shape index (κ3) is 2.52. The molecule has 0 aromatic rings. The molecule has 0 heterocycles. The van der Waals surface area contributed by atoms with Crippen LogP contribution in [0, 0.1) is 0 Å². The van der Waals surface area contributed by atoms with E-state index in [1.807, 2.05) is 0 Å². The van der Waals surface area contributed by atoms with Crippen molar-refractivity contribution < 1.29 is 0 Å². The number of hydrogen-bond acceptors (Lipinski definition) is 0. The molecule has 0 saturated heterocycles. The first-order valence-electron chi connectivity index (χ1n) is 4.27. The fraction of sp³-hybridized carbons (Fsp3) is 0.556. The van der Waals surface area contributed by atoms with Gasteiger partial charge in [-0.25, -0.2) is 0 Å². The van der Waals surface area contributed by atoms with Crippen molar-refractivity contribution in [1.82, 2.24) is 0 Å². The zero-order chi connectivity index (χ0) is 7.23. The van der Waals surface area contributed by atoms with Crippen LogP contribution in [-0.4, -0.2) is 9.52 Å². The third-order valence-corrected chi connectivity index (χ3v) is 4.26. The highest BCUT2D eigenvalue weighted by molar-refractivity contribution is 6.39. The summed E-state index contributed by atoms with van der Waals surface area (Å²) in [5.41, 5.74) is 0.883. The highest BCUT2D eigenvalue weighted by Crippen LogP contribution is 2.15. The van der Waals surface area contributed by atoms with E-state index in [4.69, 9.17) is 0 Å². The molecule has 0 bridgehead atoms. The van der Waals surface area contributed by atoms with E-state index in [1.54, 1.807) is 0 Å². The van der Waals surface area contributed by atoms with Crippen LogP contribution in [0.25, 0.3) is 0 Å². The molecule has 1 rings (SSSR count). The van der Waals surface area contributed by atoms with Crippen molar-refractivity contribution in [2.24, 2.45) is 0 Å². The Kier molecular flexibility index (Phi) is 3.51. The summed E-state index contributed by atoms with van der Waals surface area (Å²) in [7, 11) is 0.192. The van der Waals surface area contributed by atoms with Gasteiger partial charge in [0.2, 0.25) is 0 Å². The Hall–Kier alpha value is -0.303. The number of hydrogen-bond donors (Lipinski definition) is 0. The third-order valence-electron chi connectivity index (χ3n) is 1.93. The lowest BCUT2D eigenvalue weighted by molar-refractivity contribution is 1.06. The Morgan fingerprint density at radius 1 is 1.40 bits per heavy atom. The second-order valence-corrected chi connectivity index (χ2v) is 5.13. The lowest BCUT2D eigenvalue weighted by Gasteiger charge is -2.08. The smallest absolute Gasteiger partial charge is 0.0326 e. The van der Waals surface area contributed by atoms with Crippen molar-refractivity contribution in [3.8, 4) is 0 Å². The number of allylic oxidation sites excluding steroid dienone is 4. The molecule has 0 saturated carbocycles. The van der Waals surface area contributed by atoms with Gasteiger partial charge in [0.25, 0.3) is 0 Å². The molecule has 0 aliphatic heterocycles. The van der Waals surface area contributed by atoms with E-state index in [-0.39, 0.29) is 9.52 Å². The molecule has 0 amide bonds. The Labute approximate surface area is 65.8 Å². The summed E-state index contributed by atoms with van der Waals surface area (Å²) in [5, 5.41) is 0. The Morgan fingerprint density at radius 3 is 2.70 bits per heavy atom. The zero-order valence-electron chi connectivity index (χ0n) is 6.72. The average Bonchev–Trinajstić information content (AvgIpc) is 2.03. The molecule has 0 nitrogen and oxygen atoms in total. The van der Waals surface area contributed by atoms with Crippen LogP contribution >= 0.6 is 0 Å². The van der Waals surface area contributed by atoms with Gasteiger partial charge in [0.1, 0.15) is 0 Å². The van der Waals surface area contributed by atoms with Crippen molar-refractivity contribution in [3.63, 3.8) is 0 Å². The van der Waals surface area contributed by atoms with Gasteiger partial charge < -0.3 is 0 Å². The van der Waals surface area contributed by atoms with E-state index in [9.17, 15) is 0 Å². The molecule has 0 fully saturated rings. The highest BCUT2D eigenvalue weighted by Gasteiger charge is 2.01. The van der Waals surface area contributed by atoms with Crippen LogP contribution in [0.2, 0.25) is 11.6 Å². The molecular formula is C9H16Si. The van der Waals surface area contributed by atoms with Gasteiger partial charge in [0.05, 0.1) is 0 Å². The molecular weight excluding hydrogens is 136 g/mol. The molecule has 0 N–H and O–H groups in total. The molecule has 1 aliphatic rings. The minimum Gasteiger partial charge on any atom is -0.0847 e. The van der Waals surface area contributed by atoms with Crippen LogP contribution in [-0.2, 0) is 0 Å². The van der Waals surface area contributed by atoms with Crippen LogP contribution in [0.1, 0.15) is 19.8 Å². The Balaban J connectivity index is 2.20. The second-order valence-electron chi connectivity index (χ2n) is 2.90. The maximum Gasteiger partial charge on any atom is 0.0326 e. The summed E-state index contributed by atoms with van der Waals surface area (Å²) in [6.45, 7) is 2.28. The highest BCUT2D eigenvalue weighted by atomic mass is 28.2. The van der Waals surface area contributed by atoms with E-state index in [2.05, 4.69) is 31.2 Å². The lowest BCUT2D eigenvalue weighted by Crippen LogP contribution is -1.98. The van der Waals surface area contributed by atoms with E-state index in [1.165, 1.54) is 12.5 Å². The molecule has 0 unspecified atom stereocenters. The van der Waals surface area contributed by atoms with Gasteiger partial charge in [-0.1, -0.05) is 43.7 Å². The molecule has 0 aromatic carbocycles. The van der Waals surface area contributed by atoms with Crippen molar-refractivity contribution in [2.45, 2.75) is 31.4 Å². The van der Waals surface area contributed by atoms with Gasteiger partial charge in [0, 0.05) is 9.52 Å². The Morgan fingerprint density at radius 2 is 2.10 bits per heavy atom. The van der Waals surface area contributed by atoms with Crippen molar-refractivity contribution in [2.75, 3.05) is 0 Å². The summed E-state index contributed by atoms with van der Waals surface area (Å²) in [6.07, 6.45) is 11.9. The van der Waals surface area contributed by atoms with E-state index in [0.29, 0.717) is 0 Å². The molecule has 0 spiro atoms. The van der Waals surface area contributed by atoms with Crippen LogP contribution in [0.15, 0.2) is 24.3 Å². The topological polar surface area (TPSA) is 0 Å². The monoisotopic (exact) mass is 152 g/mol. The lowest BCUT2D eigenvalue weighted by atomic mass is 10.2. The first-order valence-corrected chi connectivity index (χ1v) is 6.08. The summed E-state index contributed by atoms with van der Waals surface area (Å²) < 4.78 is 0. The van der Waals surface area contributed by atoms with E-state index >= 15 is 0 Å². The maximum atomic E-state index is 2.39. The first-order chi connectivity index (χ1) is 4.93. The summed E-state index contributed by atoms with van der Waals surface area (Å²) >= 11 is 0. The number of rotatable bonds is 3. The standard InChI is InChI=1S/C9H16Si/c1-2-8-10-9-6-4-3-5-7-9/h4-7,9H,2-3,8,10H2,1H3. The molecule has 10 heavy (non-hydrogen) atoms. The predicted octanol–water partition coefficient (Wildman–Crippen LogP) is 2.29.